The zero-order valence-electron chi connectivity index (χ0n) is 8.64. The maximum atomic E-state index is 8.75. The third-order valence-corrected chi connectivity index (χ3v) is 2.35. The monoisotopic (exact) mass is 204 g/mol. The van der Waals surface area contributed by atoms with Crippen LogP contribution in [0, 0.1) is 0 Å². The standard InChI is InChI=1S/C11H12N2O2/c1-9-8-11(15-14)13(12(9)2)10-6-4-3-5-7-10/h3-7,14H,1-2H3. The number of allylic oxidation sites excluding steroid dienone is 1. The second-order valence-corrected chi connectivity index (χ2v) is 3.28. The lowest BCUT2D eigenvalue weighted by molar-refractivity contribution is -0.206. The first-order valence-corrected chi connectivity index (χ1v) is 4.62. The van der Waals surface area contributed by atoms with E-state index in [9.17, 15) is 0 Å². The largest absolute Gasteiger partial charge is 0.310 e. The predicted molar refractivity (Wildman–Crippen MR) is 56.6 cm³/mol. The molecule has 0 saturated heterocycles. The number of hydrogen-bond donors (Lipinski definition) is 1. The van der Waals surface area contributed by atoms with E-state index in [1.54, 1.807) is 5.01 Å². The third-order valence-electron chi connectivity index (χ3n) is 2.35. The van der Waals surface area contributed by atoms with Crippen LogP contribution in [0.2, 0.25) is 0 Å². The molecule has 1 aliphatic rings. The van der Waals surface area contributed by atoms with Gasteiger partial charge >= 0.3 is 5.88 Å². The van der Waals surface area contributed by atoms with E-state index in [4.69, 9.17) is 5.26 Å². The fourth-order valence-corrected chi connectivity index (χ4v) is 1.50. The van der Waals surface area contributed by atoms with Gasteiger partial charge in [-0.2, -0.15) is 0 Å². The van der Waals surface area contributed by atoms with Gasteiger partial charge in [-0.05, 0) is 24.8 Å². The molecule has 0 bridgehead atoms. The quantitative estimate of drug-likeness (QED) is 0.455. The maximum Gasteiger partial charge on any atom is 0.301 e. The van der Waals surface area contributed by atoms with E-state index in [0.717, 1.165) is 11.4 Å². The van der Waals surface area contributed by atoms with Crippen LogP contribution in [0.15, 0.2) is 47.6 Å². The minimum atomic E-state index is 0.279. The predicted octanol–water partition coefficient (Wildman–Crippen LogP) is 2.19. The van der Waals surface area contributed by atoms with Crippen molar-refractivity contribution in [3.8, 4) is 0 Å². The Morgan fingerprint density at radius 1 is 1.27 bits per heavy atom. The smallest absolute Gasteiger partial charge is 0.301 e. The van der Waals surface area contributed by atoms with Crippen LogP contribution >= 0.6 is 0 Å². The number of anilines is 1. The average Bonchev–Trinajstić information content (AvgIpc) is 2.56. The molecule has 0 aromatic heterocycles. The number of rotatable bonds is 2. The van der Waals surface area contributed by atoms with Crippen LogP contribution in [-0.2, 0) is 4.89 Å². The van der Waals surface area contributed by atoms with Crippen molar-refractivity contribution < 1.29 is 10.1 Å². The van der Waals surface area contributed by atoms with Gasteiger partial charge in [-0.25, -0.2) is 10.3 Å². The summed E-state index contributed by atoms with van der Waals surface area (Å²) in [4.78, 5) is 4.29. The Morgan fingerprint density at radius 2 is 1.93 bits per heavy atom. The van der Waals surface area contributed by atoms with Gasteiger partial charge in [-0.15, -0.1) is 0 Å². The van der Waals surface area contributed by atoms with Crippen LogP contribution in [-0.4, -0.2) is 17.3 Å². The number of hydrogen-bond acceptors (Lipinski definition) is 4. The van der Waals surface area contributed by atoms with Crippen molar-refractivity contribution in [2.75, 3.05) is 12.1 Å². The summed E-state index contributed by atoms with van der Waals surface area (Å²) in [6.07, 6.45) is 0. The highest BCUT2D eigenvalue weighted by Crippen LogP contribution is 2.26. The second kappa shape index (κ2) is 3.69. The molecule has 0 saturated carbocycles. The van der Waals surface area contributed by atoms with Crippen LogP contribution in [0.4, 0.5) is 5.69 Å². The van der Waals surface area contributed by atoms with Crippen molar-refractivity contribution in [2.45, 2.75) is 6.92 Å². The summed E-state index contributed by atoms with van der Waals surface area (Å²) in [7, 11) is 1.88. The summed E-state index contributed by atoms with van der Waals surface area (Å²) in [5.74, 6) is 0.279. The van der Waals surface area contributed by atoms with Crippen molar-refractivity contribution in [3.05, 3.63) is 47.6 Å². The van der Waals surface area contributed by atoms with Crippen molar-refractivity contribution in [3.63, 3.8) is 0 Å². The minimum Gasteiger partial charge on any atom is -0.310 e. The molecule has 0 amide bonds. The highest BCUT2D eigenvalue weighted by molar-refractivity contribution is 5.51. The topological polar surface area (TPSA) is 35.9 Å². The molecular weight excluding hydrogens is 192 g/mol. The fraction of sp³-hybridized carbons (Fsp3) is 0.182. The summed E-state index contributed by atoms with van der Waals surface area (Å²) in [5.41, 5.74) is 4.70. The van der Waals surface area contributed by atoms with Gasteiger partial charge in [0.15, 0.2) is 0 Å². The van der Waals surface area contributed by atoms with Gasteiger partial charge in [-0.1, -0.05) is 18.2 Å². The normalized spacial score (nSPS) is 15.1. The van der Waals surface area contributed by atoms with Crippen LogP contribution in [0.25, 0.3) is 0 Å². The van der Waals surface area contributed by atoms with Gasteiger partial charge in [0, 0.05) is 7.05 Å². The Bertz CT molecular complexity index is 421. The molecule has 78 valence electrons. The van der Waals surface area contributed by atoms with E-state index < -0.39 is 0 Å². The van der Waals surface area contributed by atoms with Crippen molar-refractivity contribution >= 4 is 5.69 Å². The molecule has 0 radical (unpaired) electrons. The molecule has 1 aliphatic heterocycles. The number of benzene rings is 1. The second-order valence-electron chi connectivity index (χ2n) is 3.28. The molecule has 2 rings (SSSR count). The summed E-state index contributed by atoms with van der Waals surface area (Å²) in [6, 6.07) is 9.63. The van der Waals surface area contributed by atoms with E-state index in [1.807, 2.05) is 49.3 Å². The number of nitrogens with zero attached hydrogens (tertiary/aromatic N) is 2. The van der Waals surface area contributed by atoms with Crippen molar-refractivity contribution in [1.29, 1.82) is 0 Å². The van der Waals surface area contributed by atoms with Crippen LogP contribution in [0.5, 0.6) is 0 Å². The van der Waals surface area contributed by atoms with Gasteiger partial charge in [0.05, 0.1) is 11.4 Å². The molecule has 1 aromatic rings. The third kappa shape index (κ3) is 1.56. The highest BCUT2D eigenvalue weighted by Gasteiger charge is 2.24. The zero-order valence-corrected chi connectivity index (χ0v) is 8.64. The Kier molecular flexibility index (Phi) is 2.37. The van der Waals surface area contributed by atoms with E-state index in [0.29, 0.717) is 0 Å². The molecule has 1 heterocycles. The molecule has 0 spiro atoms. The van der Waals surface area contributed by atoms with E-state index in [-0.39, 0.29) is 5.88 Å². The van der Waals surface area contributed by atoms with E-state index in [1.165, 1.54) is 0 Å². The first-order chi connectivity index (χ1) is 7.24. The van der Waals surface area contributed by atoms with E-state index >= 15 is 0 Å². The van der Waals surface area contributed by atoms with Crippen LogP contribution < -0.4 is 5.01 Å². The number of para-hydroxylation sites is 1. The summed E-state index contributed by atoms with van der Waals surface area (Å²) in [5, 5.41) is 12.3. The number of hydrazine groups is 1. The lowest BCUT2D eigenvalue weighted by Crippen LogP contribution is -2.34. The minimum absolute atomic E-state index is 0.279. The highest BCUT2D eigenvalue weighted by atomic mass is 17.1. The molecule has 1 aromatic carbocycles. The molecule has 0 aliphatic carbocycles. The average molecular weight is 204 g/mol. The SMILES string of the molecule is CC1=C=C(OO)N(c2ccccc2)N1C. The molecule has 0 unspecified atom stereocenters. The lowest BCUT2D eigenvalue weighted by atomic mass is 10.3. The summed E-state index contributed by atoms with van der Waals surface area (Å²) in [6.45, 7) is 1.89. The first kappa shape index (κ1) is 9.65. The molecule has 4 heteroatoms. The van der Waals surface area contributed by atoms with Crippen molar-refractivity contribution in [2.24, 2.45) is 0 Å². The Morgan fingerprint density at radius 3 is 2.53 bits per heavy atom. The maximum absolute atomic E-state index is 8.75. The van der Waals surface area contributed by atoms with Crippen LogP contribution in [0.1, 0.15) is 6.92 Å². The summed E-state index contributed by atoms with van der Waals surface area (Å²) < 4.78 is 0. The molecule has 4 nitrogen and oxygen atoms in total. The molecule has 15 heavy (non-hydrogen) atoms. The van der Waals surface area contributed by atoms with Gasteiger partial charge in [0.2, 0.25) is 0 Å². The Hall–Kier alpha value is -1.90. The molecular formula is C11H12N2O2. The van der Waals surface area contributed by atoms with Gasteiger partial charge in [0.1, 0.15) is 0 Å². The van der Waals surface area contributed by atoms with Gasteiger partial charge in [-0.3, -0.25) is 5.01 Å². The Balaban J connectivity index is 2.37. The first-order valence-electron chi connectivity index (χ1n) is 4.62. The fourth-order valence-electron chi connectivity index (χ4n) is 1.50. The van der Waals surface area contributed by atoms with E-state index in [2.05, 4.69) is 10.6 Å². The Labute approximate surface area is 88.2 Å². The van der Waals surface area contributed by atoms with Crippen LogP contribution in [0.3, 0.4) is 0 Å². The molecule has 0 atom stereocenters. The lowest BCUT2D eigenvalue weighted by Gasteiger charge is -2.29. The van der Waals surface area contributed by atoms with Gasteiger partial charge < -0.3 is 4.89 Å². The molecule has 0 fully saturated rings. The summed E-state index contributed by atoms with van der Waals surface area (Å²) >= 11 is 0. The molecule has 1 N–H and O–H groups in total. The van der Waals surface area contributed by atoms with Gasteiger partial charge in [0.25, 0.3) is 0 Å². The van der Waals surface area contributed by atoms with Crippen molar-refractivity contribution in [1.82, 2.24) is 5.01 Å². The zero-order chi connectivity index (χ0) is 10.8.